The van der Waals surface area contributed by atoms with Gasteiger partial charge < -0.3 is 19.7 Å². The van der Waals surface area contributed by atoms with Gasteiger partial charge in [-0.3, -0.25) is 9.59 Å². The van der Waals surface area contributed by atoms with Crippen molar-refractivity contribution in [1.29, 1.82) is 0 Å². The Balaban J connectivity index is 1.74. The summed E-state index contributed by atoms with van der Waals surface area (Å²) in [6, 6.07) is 14.1. The third-order valence-corrected chi connectivity index (χ3v) is 3.65. The summed E-state index contributed by atoms with van der Waals surface area (Å²) in [5.74, 6) is 6.86. The topological polar surface area (TPSA) is 67.9 Å². The lowest BCUT2D eigenvalue weighted by atomic mass is 10.1. The Kier molecular flexibility index (Phi) is 7.92. The first kappa shape index (κ1) is 20.8. The standard InChI is InChI=1S/C22H24N2O4/c1-4-27-19-11-13-20(14-12-19)28-16-21(25)23-15-5-6-17-7-9-18(10-8-17)22(26)24(2)3/h7-14H,4,15-16H2,1-3H3,(H,23,25). The van der Waals surface area contributed by atoms with E-state index in [1.54, 1.807) is 62.6 Å². The lowest BCUT2D eigenvalue weighted by Gasteiger charge is -2.09. The Morgan fingerprint density at radius 1 is 0.964 bits per heavy atom. The first-order valence-corrected chi connectivity index (χ1v) is 8.92. The summed E-state index contributed by atoms with van der Waals surface area (Å²) in [6.45, 7) is 2.64. The molecule has 0 atom stereocenters. The maximum absolute atomic E-state index is 11.8. The summed E-state index contributed by atoms with van der Waals surface area (Å²) in [6.07, 6.45) is 0. The number of ether oxygens (including phenoxy) is 2. The third kappa shape index (κ3) is 6.69. The number of rotatable bonds is 7. The van der Waals surface area contributed by atoms with Crippen molar-refractivity contribution in [3.8, 4) is 23.3 Å². The minimum absolute atomic E-state index is 0.0562. The van der Waals surface area contributed by atoms with Crippen LogP contribution < -0.4 is 14.8 Å². The molecule has 0 fully saturated rings. The highest BCUT2D eigenvalue weighted by Gasteiger charge is 2.06. The van der Waals surface area contributed by atoms with E-state index in [9.17, 15) is 9.59 Å². The Labute approximate surface area is 165 Å². The fourth-order valence-corrected chi connectivity index (χ4v) is 2.24. The largest absolute Gasteiger partial charge is 0.494 e. The smallest absolute Gasteiger partial charge is 0.258 e. The molecule has 146 valence electrons. The van der Waals surface area contributed by atoms with Gasteiger partial charge in [0.25, 0.3) is 11.8 Å². The first-order chi connectivity index (χ1) is 13.5. The van der Waals surface area contributed by atoms with Crippen LogP contribution in [0.1, 0.15) is 22.8 Å². The molecule has 28 heavy (non-hydrogen) atoms. The van der Waals surface area contributed by atoms with Gasteiger partial charge in [0.15, 0.2) is 6.61 Å². The van der Waals surface area contributed by atoms with Crippen molar-refractivity contribution in [2.45, 2.75) is 6.92 Å². The fourth-order valence-electron chi connectivity index (χ4n) is 2.24. The van der Waals surface area contributed by atoms with E-state index >= 15 is 0 Å². The van der Waals surface area contributed by atoms with E-state index < -0.39 is 0 Å². The van der Waals surface area contributed by atoms with E-state index in [4.69, 9.17) is 9.47 Å². The quantitative estimate of drug-likeness (QED) is 0.749. The molecular weight excluding hydrogens is 356 g/mol. The highest BCUT2D eigenvalue weighted by molar-refractivity contribution is 5.93. The van der Waals surface area contributed by atoms with E-state index in [0.717, 1.165) is 11.3 Å². The van der Waals surface area contributed by atoms with Gasteiger partial charge in [0, 0.05) is 25.2 Å². The SMILES string of the molecule is CCOc1ccc(OCC(=O)NCC#Cc2ccc(C(=O)N(C)C)cc2)cc1. The predicted octanol–water partition coefficient (Wildman–Crippen LogP) is 2.33. The van der Waals surface area contributed by atoms with Crippen molar-refractivity contribution in [1.82, 2.24) is 10.2 Å². The summed E-state index contributed by atoms with van der Waals surface area (Å²) < 4.78 is 10.8. The minimum atomic E-state index is -0.255. The van der Waals surface area contributed by atoms with Crippen LogP contribution >= 0.6 is 0 Å². The van der Waals surface area contributed by atoms with Gasteiger partial charge in [-0.1, -0.05) is 11.8 Å². The van der Waals surface area contributed by atoms with Crippen LogP contribution in [0.2, 0.25) is 0 Å². The molecule has 2 aromatic rings. The zero-order valence-electron chi connectivity index (χ0n) is 16.3. The summed E-state index contributed by atoms with van der Waals surface area (Å²) >= 11 is 0. The van der Waals surface area contributed by atoms with Gasteiger partial charge in [-0.05, 0) is 55.5 Å². The number of amides is 2. The van der Waals surface area contributed by atoms with Crippen LogP contribution in [0.25, 0.3) is 0 Å². The van der Waals surface area contributed by atoms with Crippen LogP contribution in [0.5, 0.6) is 11.5 Å². The van der Waals surface area contributed by atoms with Crippen molar-refractivity contribution < 1.29 is 19.1 Å². The molecule has 2 amide bonds. The summed E-state index contributed by atoms with van der Waals surface area (Å²) in [5, 5.41) is 2.68. The lowest BCUT2D eigenvalue weighted by Crippen LogP contribution is -2.29. The van der Waals surface area contributed by atoms with Crippen molar-refractivity contribution in [2.75, 3.05) is 33.9 Å². The summed E-state index contributed by atoms with van der Waals surface area (Å²) in [7, 11) is 3.41. The van der Waals surface area contributed by atoms with Gasteiger partial charge in [-0.15, -0.1) is 0 Å². The number of carbonyl (C=O) groups is 2. The average Bonchev–Trinajstić information content (AvgIpc) is 2.71. The molecule has 2 rings (SSSR count). The fraction of sp³-hybridized carbons (Fsp3) is 0.273. The Bertz CT molecular complexity index is 847. The predicted molar refractivity (Wildman–Crippen MR) is 107 cm³/mol. The van der Waals surface area contributed by atoms with Gasteiger partial charge in [-0.2, -0.15) is 0 Å². The van der Waals surface area contributed by atoms with Crippen LogP contribution in [0.4, 0.5) is 0 Å². The van der Waals surface area contributed by atoms with Gasteiger partial charge in [0.2, 0.25) is 0 Å². The highest BCUT2D eigenvalue weighted by Crippen LogP contribution is 2.17. The Morgan fingerprint density at radius 2 is 1.57 bits per heavy atom. The number of carbonyl (C=O) groups excluding carboxylic acids is 2. The molecule has 0 unspecified atom stereocenters. The minimum Gasteiger partial charge on any atom is -0.494 e. The van der Waals surface area contributed by atoms with Gasteiger partial charge in [0.1, 0.15) is 11.5 Å². The number of hydrogen-bond acceptors (Lipinski definition) is 4. The molecule has 6 nitrogen and oxygen atoms in total. The van der Waals surface area contributed by atoms with Crippen LogP contribution in [-0.2, 0) is 4.79 Å². The average molecular weight is 380 g/mol. The second-order valence-corrected chi connectivity index (χ2v) is 6.05. The van der Waals surface area contributed by atoms with E-state index in [2.05, 4.69) is 17.2 Å². The number of nitrogens with zero attached hydrogens (tertiary/aromatic N) is 1. The van der Waals surface area contributed by atoms with Crippen molar-refractivity contribution in [3.05, 3.63) is 59.7 Å². The molecule has 0 aliphatic carbocycles. The summed E-state index contributed by atoms with van der Waals surface area (Å²) in [4.78, 5) is 25.2. The number of hydrogen-bond donors (Lipinski definition) is 1. The molecular formula is C22H24N2O4. The zero-order valence-corrected chi connectivity index (χ0v) is 16.3. The molecule has 0 heterocycles. The zero-order chi connectivity index (χ0) is 20.4. The number of benzene rings is 2. The van der Waals surface area contributed by atoms with Crippen molar-refractivity contribution in [3.63, 3.8) is 0 Å². The van der Waals surface area contributed by atoms with Crippen LogP contribution in [0, 0.1) is 11.8 Å². The van der Waals surface area contributed by atoms with Crippen molar-refractivity contribution >= 4 is 11.8 Å². The van der Waals surface area contributed by atoms with Crippen molar-refractivity contribution in [2.24, 2.45) is 0 Å². The first-order valence-electron chi connectivity index (χ1n) is 8.92. The molecule has 0 aliphatic rings. The van der Waals surface area contributed by atoms with E-state index in [1.165, 1.54) is 4.90 Å². The molecule has 2 aromatic carbocycles. The molecule has 0 saturated carbocycles. The van der Waals surface area contributed by atoms with Gasteiger partial charge in [-0.25, -0.2) is 0 Å². The molecule has 0 radical (unpaired) electrons. The molecule has 1 N–H and O–H groups in total. The van der Waals surface area contributed by atoms with Gasteiger partial charge >= 0.3 is 0 Å². The molecule has 0 saturated heterocycles. The van der Waals surface area contributed by atoms with Gasteiger partial charge in [0.05, 0.1) is 13.2 Å². The van der Waals surface area contributed by atoms with E-state index in [0.29, 0.717) is 17.9 Å². The second kappa shape index (κ2) is 10.6. The maximum Gasteiger partial charge on any atom is 0.258 e. The van der Waals surface area contributed by atoms with Crippen LogP contribution in [0.15, 0.2) is 48.5 Å². The number of nitrogens with one attached hydrogen (secondary N) is 1. The molecule has 0 spiro atoms. The maximum atomic E-state index is 11.8. The highest BCUT2D eigenvalue weighted by atomic mass is 16.5. The second-order valence-electron chi connectivity index (χ2n) is 6.05. The monoisotopic (exact) mass is 380 g/mol. The van der Waals surface area contributed by atoms with E-state index in [1.807, 2.05) is 6.92 Å². The third-order valence-electron chi connectivity index (χ3n) is 3.65. The van der Waals surface area contributed by atoms with E-state index in [-0.39, 0.29) is 25.0 Å². The van der Waals surface area contributed by atoms with Crippen LogP contribution in [-0.4, -0.2) is 50.6 Å². The Hall–Kier alpha value is -3.46. The van der Waals surface area contributed by atoms with Crippen LogP contribution in [0.3, 0.4) is 0 Å². The molecule has 6 heteroatoms. The lowest BCUT2D eigenvalue weighted by molar-refractivity contribution is -0.122. The molecule has 0 aromatic heterocycles. The normalized spacial score (nSPS) is 9.68. The summed E-state index contributed by atoms with van der Waals surface area (Å²) in [5.41, 5.74) is 1.38. The molecule has 0 bridgehead atoms. The molecule has 0 aliphatic heterocycles. The Morgan fingerprint density at radius 3 is 2.14 bits per heavy atom.